The number of hydrogen-bond acceptors (Lipinski definition) is 3. The first kappa shape index (κ1) is 23.6. The maximum Gasteiger partial charge on any atom is 0.303 e. The molecular formula is C9H22O4V. The number of carboxylic acids is 1. The molecule has 4 nitrogen and oxygen atoms in total. The molecule has 0 aromatic rings. The van der Waals surface area contributed by atoms with Crippen molar-refractivity contribution in [1.29, 1.82) is 0 Å². The molecule has 0 atom stereocenters. The Morgan fingerprint density at radius 3 is 1.14 bits per heavy atom. The number of carbonyl (C=O) groups is 1. The smallest absolute Gasteiger partial charge is 0.303 e. The predicted octanol–water partition coefficient (Wildman–Crippen LogP) is 1.26. The van der Waals surface area contributed by atoms with E-state index in [4.69, 9.17) is 15.3 Å². The molecule has 0 fully saturated rings. The minimum atomic E-state index is -0.745. The molecule has 0 aliphatic heterocycles. The maximum atomic E-state index is 9.37. The molecule has 0 saturated carbocycles. The van der Waals surface area contributed by atoms with Crippen LogP contribution in [0, 0.1) is 0 Å². The molecule has 0 aliphatic carbocycles. The first-order chi connectivity index (χ1) is 6.10. The van der Waals surface area contributed by atoms with E-state index in [9.17, 15) is 4.79 Å². The van der Waals surface area contributed by atoms with Gasteiger partial charge in [-0.15, -0.1) is 0 Å². The molecule has 5 heteroatoms. The molecule has 0 aromatic heterocycles. The molecule has 0 unspecified atom stereocenters. The van der Waals surface area contributed by atoms with Gasteiger partial charge in [0.15, 0.2) is 0 Å². The molecule has 3 N–H and O–H groups in total. The molecule has 87 valence electrons. The summed E-state index contributed by atoms with van der Waals surface area (Å²) < 4.78 is 0. The Bertz CT molecular complexity index is 80.9. The average molecular weight is 245 g/mol. The van der Waals surface area contributed by atoms with Crippen LogP contribution in [0.1, 0.15) is 40.0 Å². The summed E-state index contributed by atoms with van der Waals surface area (Å²) in [5.41, 5.74) is 0. The quantitative estimate of drug-likeness (QED) is 0.699. The van der Waals surface area contributed by atoms with Crippen LogP contribution in [0.15, 0.2) is 0 Å². The monoisotopic (exact) mass is 245 g/mol. The summed E-state index contributed by atoms with van der Waals surface area (Å²) in [5, 5.41) is 23.5. The van der Waals surface area contributed by atoms with Crippen molar-refractivity contribution >= 4 is 5.97 Å². The van der Waals surface area contributed by atoms with Crippen molar-refractivity contribution in [2.75, 3.05) is 13.2 Å². The second kappa shape index (κ2) is 29.3. The van der Waals surface area contributed by atoms with Crippen LogP contribution < -0.4 is 0 Å². The van der Waals surface area contributed by atoms with Gasteiger partial charge in [-0.25, -0.2) is 0 Å². The molecule has 0 aromatic carbocycles. The number of aliphatic carboxylic acids is 1. The van der Waals surface area contributed by atoms with Crippen LogP contribution >= 0.6 is 0 Å². The Morgan fingerprint density at radius 2 is 1.14 bits per heavy atom. The SMILES string of the molecule is CCC(=O)O.CCCO.CCCO.[V]. The van der Waals surface area contributed by atoms with Crippen molar-refractivity contribution in [1.82, 2.24) is 0 Å². The number of rotatable bonds is 3. The van der Waals surface area contributed by atoms with E-state index in [0.29, 0.717) is 13.2 Å². The molecule has 1 radical (unpaired) electrons. The molecule has 0 rings (SSSR count). The van der Waals surface area contributed by atoms with E-state index in [2.05, 4.69) is 0 Å². The van der Waals surface area contributed by atoms with Crippen LogP contribution in [0.25, 0.3) is 0 Å². The van der Waals surface area contributed by atoms with Crippen molar-refractivity contribution in [2.24, 2.45) is 0 Å². The van der Waals surface area contributed by atoms with E-state index in [1.165, 1.54) is 0 Å². The summed E-state index contributed by atoms with van der Waals surface area (Å²) in [6, 6.07) is 0. The summed E-state index contributed by atoms with van der Waals surface area (Å²) in [6.45, 7) is 6.10. The Kier molecular flexibility index (Phi) is 49.4. The van der Waals surface area contributed by atoms with Crippen molar-refractivity contribution < 1.29 is 38.7 Å². The Morgan fingerprint density at radius 1 is 1.00 bits per heavy atom. The number of aliphatic hydroxyl groups is 2. The fourth-order valence-electron chi connectivity index (χ4n) is 0. The average Bonchev–Trinajstić information content (AvgIpc) is 2.18. The first-order valence-corrected chi connectivity index (χ1v) is 4.54. The van der Waals surface area contributed by atoms with Crippen LogP contribution in [0.5, 0.6) is 0 Å². The minimum Gasteiger partial charge on any atom is -0.481 e. The number of carboxylic acid groups (broad SMARTS) is 1. The van der Waals surface area contributed by atoms with Gasteiger partial charge >= 0.3 is 5.97 Å². The van der Waals surface area contributed by atoms with E-state index in [-0.39, 0.29) is 25.0 Å². The third-order valence-corrected chi connectivity index (χ3v) is 0.750. The molecular weight excluding hydrogens is 223 g/mol. The zero-order valence-corrected chi connectivity index (χ0v) is 10.6. The van der Waals surface area contributed by atoms with Crippen molar-refractivity contribution in [3.05, 3.63) is 0 Å². The van der Waals surface area contributed by atoms with Gasteiger partial charge in [0.1, 0.15) is 0 Å². The molecule has 0 spiro atoms. The molecule has 0 aliphatic rings. The van der Waals surface area contributed by atoms with Gasteiger partial charge in [-0.3, -0.25) is 4.79 Å². The topological polar surface area (TPSA) is 77.8 Å². The van der Waals surface area contributed by atoms with Gasteiger partial charge in [0, 0.05) is 38.2 Å². The maximum absolute atomic E-state index is 9.37. The van der Waals surface area contributed by atoms with Gasteiger partial charge in [-0.05, 0) is 12.8 Å². The summed E-state index contributed by atoms with van der Waals surface area (Å²) >= 11 is 0. The van der Waals surface area contributed by atoms with Crippen LogP contribution in [0.2, 0.25) is 0 Å². The third-order valence-electron chi connectivity index (χ3n) is 0.750. The van der Waals surface area contributed by atoms with Gasteiger partial charge < -0.3 is 15.3 Å². The van der Waals surface area contributed by atoms with Crippen molar-refractivity contribution in [3.63, 3.8) is 0 Å². The molecule has 0 amide bonds. The van der Waals surface area contributed by atoms with Crippen LogP contribution in [-0.4, -0.2) is 34.5 Å². The van der Waals surface area contributed by atoms with E-state index < -0.39 is 5.97 Å². The first-order valence-electron chi connectivity index (χ1n) is 4.54. The predicted molar refractivity (Wildman–Crippen MR) is 52.7 cm³/mol. The Hall–Kier alpha value is -0.0256. The molecule has 14 heavy (non-hydrogen) atoms. The molecule has 0 saturated heterocycles. The van der Waals surface area contributed by atoms with Crippen molar-refractivity contribution in [3.8, 4) is 0 Å². The Balaban J connectivity index is -0.0000000522. The molecule has 0 heterocycles. The van der Waals surface area contributed by atoms with Crippen LogP contribution in [0.4, 0.5) is 0 Å². The fourth-order valence-corrected chi connectivity index (χ4v) is 0. The zero-order valence-electron chi connectivity index (χ0n) is 9.23. The third kappa shape index (κ3) is 91.3. The zero-order chi connectivity index (χ0) is 11.1. The normalized spacial score (nSPS) is 6.93. The van der Waals surface area contributed by atoms with Gasteiger partial charge in [0.05, 0.1) is 0 Å². The van der Waals surface area contributed by atoms with E-state index in [0.717, 1.165) is 12.8 Å². The standard InChI is InChI=1S/C3H6O2.2C3H8O.V/c1-2-3(4)5;2*1-2-3-4;/h2H2,1H3,(H,4,5);2*4H,2-3H2,1H3;. The number of aliphatic hydroxyl groups excluding tert-OH is 2. The largest absolute Gasteiger partial charge is 0.481 e. The second-order valence-electron chi connectivity index (χ2n) is 2.19. The van der Waals surface area contributed by atoms with Gasteiger partial charge in [0.2, 0.25) is 0 Å². The van der Waals surface area contributed by atoms with E-state index in [1.54, 1.807) is 6.92 Å². The second-order valence-corrected chi connectivity index (χ2v) is 2.19. The summed E-state index contributed by atoms with van der Waals surface area (Å²) in [7, 11) is 0. The van der Waals surface area contributed by atoms with Crippen LogP contribution in [0.3, 0.4) is 0 Å². The van der Waals surface area contributed by atoms with Gasteiger partial charge in [0.25, 0.3) is 0 Å². The summed E-state index contributed by atoms with van der Waals surface area (Å²) in [5.74, 6) is -0.745. The van der Waals surface area contributed by atoms with Crippen molar-refractivity contribution in [2.45, 2.75) is 40.0 Å². The molecule has 0 bridgehead atoms. The van der Waals surface area contributed by atoms with E-state index in [1.807, 2.05) is 13.8 Å². The van der Waals surface area contributed by atoms with E-state index >= 15 is 0 Å². The van der Waals surface area contributed by atoms with Gasteiger partial charge in [-0.2, -0.15) is 0 Å². The fraction of sp³-hybridized carbons (Fsp3) is 0.889. The van der Waals surface area contributed by atoms with Gasteiger partial charge in [-0.1, -0.05) is 20.8 Å². The summed E-state index contributed by atoms with van der Waals surface area (Å²) in [4.78, 5) is 9.37. The summed E-state index contributed by atoms with van der Waals surface area (Å²) in [6.07, 6.45) is 1.97. The van der Waals surface area contributed by atoms with Crippen LogP contribution in [-0.2, 0) is 23.4 Å². The Labute approximate surface area is 98.2 Å². The minimum absolute atomic E-state index is 0. The number of hydrogen-bond donors (Lipinski definition) is 3.